The minimum absolute atomic E-state index is 0.0318. The van der Waals surface area contributed by atoms with Gasteiger partial charge >= 0.3 is 0 Å². The molecule has 0 unspecified atom stereocenters. The number of hydrogen-bond donors (Lipinski definition) is 0. The third kappa shape index (κ3) is 1.96. The molecule has 22 heavy (non-hydrogen) atoms. The van der Waals surface area contributed by atoms with Crippen molar-refractivity contribution < 1.29 is 9.47 Å². The lowest BCUT2D eigenvalue weighted by Crippen LogP contribution is -2.46. The second-order valence-corrected chi connectivity index (χ2v) is 5.88. The van der Waals surface area contributed by atoms with E-state index >= 15 is 0 Å². The van der Waals surface area contributed by atoms with Crippen LogP contribution in [0.3, 0.4) is 0 Å². The van der Waals surface area contributed by atoms with Crippen molar-refractivity contribution in [1.82, 2.24) is 9.97 Å². The molecule has 5 nitrogen and oxygen atoms in total. The summed E-state index contributed by atoms with van der Waals surface area (Å²) >= 11 is 0. The van der Waals surface area contributed by atoms with Gasteiger partial charge in [0.2, 0.25) is 0 Å². The van der Waals surface area contributed by atoms with Gasteiger partial charge in [0.1, 0.15) is 30.3 Å². The Balaban J connectivity index is 1.76. The van der Waals surface area contributed by atoms with Crippen molar-refractivity contribution >= 4 is 5.90 Å². The normalized spacial score (nSPS) is 26.1. The van der Waals surface area contributed by atoms with E-state index in [1.807, 2.05) is 19.1 Å². The summed E-state index contributed by atoms with van der Waals surface area (Å²) in [7, 11) is 0. The van der Waals surface area contributed by atoms with Crippen LogP contribution in [0.1, 0.15) is 19.4 Å². The minimum atomic E-state index is -0.303. The van der Waals surface area contributed by atoms with Crippen LogP contribution in [0.4, 0.5) is 0 Å². The Morgan fingerprint density at radius 1 is 1.23 bits per heavy atom. The molecule has 0 saturated carbocycles. The van der Waals surface area contributed by atoms with Gasteiger partial charge in [0.25, 0.3) is 0 Å². The maximum atomic E-state index is 6.12. The summed E-state index contributed by atoms with van der Waals surface area (Å²) in [5, 5.41) is 0. The fraction of sp³-hybridized carbons (Fsp3) is 0.353. The zero-order chi connectivity index (χ0) is 15.2. The highest BCUT2D eigenvalue weighted by Gasteiger charge is 2.46. The topological polar surface area (TPSA) is 56.6 Å². The van der Waals surface area contributed by atoms with Gasteiger partial charge in [-0.25, -0.2) is 15.0 Å². The number of aliphatic imine (C=N–C) groups is 1. The van der Waals surface area contributed by atoms with E-state index in [-0.39, 0.29) is 11.6 Å². The molecule has 1 spiro atoms. The predicted octanol–water partition coefficient (Wildman–Crippen LogP) is 2.65. The first-order valence-corrected chi connectivity index (χ1v) is 7.41. The highest BCUT2D eigenvalue weighted by molar-refractivity contribution is 5.77. The van der Waals surface area contributed by atoms with Crippen LogP contribution in [0.25, 0.3) is 11.1 Å². The molecule has 1 aromatic carbocycles. The Kier molecular flexibility index (Phi) is 2.89. The molecule has 2 aliphatic heterocycles. The Bertz CT molecular complexity index is 745. The third-order valence-electron chi connectivity index (χ3n) is 4.42. The van der Waals surface area contributed by atoms with Crippen molar-refractivity contribution in [3.8, 4) is 16.9 Å². The van der Waals surface area contributed by atoms with Crippen molar-refractivity contribution in [2.24, 2.45) is 4.99 Å². The predicted molar refractivity (Wildman–Crippen MR) is 83.1 cm³/mol. The maximum absolute atomic E-state index is 6.12. The van der Waals surface area contributed by atoms with Crippen LogP contribution >= 0.6 is 0 Å². The van der Waals surface area contributed by atoms with Crippen molar-refractivity contribution in [2.75, 3.05) is 6.61 Å². The molecule has 112 valence electrons. The summed E-state index contributed by atoms with van der Waals surface area (Å²) in [6, 6.07) is 6.18. The van der Waals surface area contributed by atoms with Crippen LogP contribution in [-0.4, -0.2) is 34.1 Å². The molecule has 0 amide bonds. The average Bonchev–Trinajstić information content (AvgIpc) is 2.80. The molecule has 0 saturated heterocycles. The van der Waals surface area contributed by atoms with E-state index < -0.39 is 0 Å². The second-order valence-electron chi connectivity index (χ2n) is 5.88. The standard InChI is InChI=1S/C17H17N3O2/c1-11-17(20-12(2)22-11)6-13-4-3-5-15(16(13)21-9-17)14-7-18-10-19-8-14/h3-5,7-8,10-11H,6,9H2,1-2H3/t11-,17-/m1/s1. The molecule has 2 aliphatic rings. The first-order chi connectivity index (χ1) is 10.7. The Labute approximate surface area is 129 Å². The minimum Gasteiger partial charge on any atom is -0.490 e. The molecule has 3 heterocycles. The molecule has 0 fully saturated rings. The number of fused-ring (bicyclic) bond motifs is 1. The molecule has 2 aromatic rings. The highest BCUT2D eigenvalue weighted by Crippen LogP contribution is 2.42. The van der Waals surface area contributed by atoms with Gasteiger partial charge in [-0.3, -0.25) is 0 Å². The lowest BCUT2D eigenvalue weighted by molar-refractivity contribution is 0.0936. The van der Waals surface area contributed by atoms with E-state index in [0.717, 1.165) is 34.8 Å². The molecular weight excluding hydrogens is 278 g/mol. The number of para-hydroxylation sites is 1. The van der Waals surface area contributed by atoms with E-state index in [1.54, 1.807) is 12.4 Å². The Morgan fingerprint density at radius 2 is 2.05 bits per heavy atom. The van der Waals surface area contributed by atoms with Crippen LogP contribution in [0, 0.1) is 0 Å². The highest BCUT2D eigenvalue weighted by atomic mass is 16.5. The summed E-state index contributed by atoms with van der Waals surface area (Å²) in [5.41, 5.74) is 2.84. The van der Waals surface area contributed by atoms with Crippen molar-refractivity contribution in [2.45, 2.75) is 31.9 Å². The van der Waals surface area contributed by atoms with E-state index in [9.17, 15) is 0 Å². The molecule has 5 heteroatoms. The molecule has 4 rings (SSSR count). The van der Waals surface area contributed by atoms with Crippen LogP contribution < -0.4 is 4.74 Å². The van der Waals surface area contributed by atoms with Crippen molar-refractivity contribution in [3.05, 3.63) is 42.5 Å². The number of hydrogen-bond acceptors (Lipinski definition) is 5. The van der Waals surface area contributed by atoms with Crippen LogP contribution in [0.5, 0.6) is 5.75 Å². The summed E-state index contributed by atoms with van der Waals surface area (Å²) in [6.45, 7) is 4.49. The van der Waals surface area contributed by atoms with E-state index in [4.69, 9.17) is 14.5 Å². The van der Waals surface area contributed by atoms with Crippen molar-refractivity contribution in [1.29, 1.82) is 0 Å². The monoisotopic (exact) mass is 295 g/mol. The van der Waals surface area contributed by atoms with Gasteiger partial charge in [0.15, 0.2) is 5.90 Å². The number of aromatic nitrogens is 2. The van der Waals surface area contributed by atoms with E-state index in [0.29, 0.717) is 6.61 Å². The molecule has 0 aliphatic carbocycles. The van der Waals surface area contributed by atoms with E-state index in [1.165, 1.54) is 6.33 Å². The molecule has 1 aromatic heterocycles. The third-order valence-corrected chi connectivity index (χ3v) is 4.42. The smallest absolute Gasteiger partial charge is 0.181 e. The second kappa shape index (κ2) is 4.80. The van der Waals surface area contributed by atoms with Gasteiger partial charge in [-0.2, -0.15) is 0 Å². The zero-order valence-corrected chi connectivity index (χ0v) is 12.6. The number of nitrogens with zero attached hydrogens (tertiary/aromatic N) is 3. The fourth-order valence-corrected chi connectivity index (χ4v) is 3.27. The summed E-state index contributed by atoms with van der Waals surface area (Å²) < 4.78 is 11.9. The fourth-order valence-electron chi connectivity index (χ4n) is 3.27. The van der Waals surface area contributed by atoms with Gasteiger partial charge in [-0.05, 0) is 12.5 Å². The van der Waals surface area contributed by atoms with Gasteiger partial charge in [0, 0.05) is 36.9 Å². The Morgan fingerprint density at radius 3 is 2.77 bits per heavy atom. The summed E-state index contributed by atoms with van der Waals surface area (Å²) in [4.78, 5) is 12.9. The van der Waals surface area contributed by atoms with E-state index in [2.05, 4.69) is 23.0 Å². The largest absolute Gasteiger partial charge is 0.490 e. The summed E-state index contributed by atoms with van der Waals surface area (Å²) in [6.07, 6.45) is 6.00. The first kappa shape index (κ1) is 13.2. The lowest BCUT2D eigenvalue weighted by atomic mass is 9.84. The van der Waals surface area contributed by atoms with Crippen molar-refractivity contribution in [3.63, 3.8) is 0 Å². The first-order valence-electron chi connectivity index (χ1n) is 7.41. The van der Waals surface area contributed by atoms with Gasteiger partial charge in [0.05, 0.1) is 0 Å². The van der Waals surface area contributed by atoms with Crippen LogP contribution in [0.15, 0.2) is 41.9 Å². The number of benzene rings is 1. The summed E-state index contributed by atoms with van der Waals surface area (Å²) in [5.74, 6) is 1.65. The average molecular weight is 295 g/mol. The van der Waals surface area contributed by atoms with Gasteiger partial charge in [-0.15, -0.1) is 0 Å². The van der Waals surface area contributed by atoms with Gasteiger partial charge in [-0.1, -0.05) is 18.2 Å². The maximum Gasteiger partial charge on any atom is 0.181 e. The SMILES string of the molecule is CC1=N[C@]2(COc3c(cccc3-c3cncnc3)C2)[C@@H](C)O1. The lowest BCUT2D eigenvalue weighted by Gasteiger charge is -2.35. The Hall–Kier alpha value is -2.43. The number of rotatable bonds is 1. The van der Waals surface area contributed by atoms with Crippen LogP contribution in [0.2, 0.25) is 0 Å². The molecule has 0 bridgehead atoms. The molecule has 0 radical (unpaired) electrons. The van der Waals surface area contributed by atoms with Crippen LogP contribution in [-0.2, 0) is 11.2 Å². The zero-order valence-electron chi connectivity index (χ0n) is 12.6. The quantitative estimate of drug-likeness (QED) is 0.811. The van der Waals surface area contributed by atoms with Gasteiger partial charge < -0.3 is 9.47 Å². The molecule has 2 atom stereocenters. The molecular formula is C17H17N3O2. The number of ether oxygens (including phenoxy) is 2. The molecule has 0 N–H and O–H groups in total.